The third kappa shape index (κ3) is 1.73. The normalized spacial score (nSPS) is 11.5. The van der Waals surface area contributed by atoms with Crippen LogP contribution < -0.4 is 11.2 Å². The molecule has 0 radical (unpaired) electrons. The fourth-order valence-corrected chi connectivity index (χ4v) is 3.35. The minimum absolute atomic E-state index is 0.421. The molecule has 0 bridgehead atoms. The van der Waals surface area contributed by atoms with Crippen LogP contribution in [0.2, 0.25) is 0 Å². The van der Waals surface area contributed by atoms with Gasteiger partial charge in [0.15, 0.2) is 11.6 Å². The first kappa shape index (κ1) is 12.0. The second-order valence-electron chi connectivity index (χ2n) is 4.50. The third-order valence-electron chi connectivity index (χ3n) is 3.15. The minimum atomic E-state index is -0.540. The van der Waals surface area contributed by atoms with E-state index < -0.39 is 11.2 Å². The van der Waals surface area contributed by atoms with Gasteiger partial charge in [0.05, 0.1) is 22.9 Å². The molecule has 0 saturated carbocycles. The molecule has 0 aliphatic heterocycles. The molecule has 2 N–H and O–H groups in total. The number of H-pyrrole nitrogens is 2. The zero-order chi connectivity index (χ0) is 14.6. The Kier molecular flexibility index (Phi) is 2.36. The number of rotatable bonds is 1. The number of nitrogens with one attached hydrogen (secondary N) is 2. The molecule has 8 heteroatoms. The van der Waals surface area contributed by atoms with Crippen molar-refractivity contribution in [3.63, 3.8) is 0 Å². The van der Waals surface area contributed by atoms with Gasteiger partial charge in [-0.25, -0.2) is 14.8 Å². The summed E-state index contributed by atoms with van der Waals surface area (Å²) in [6.45, 7) is 1.81. The highest BCUT2D eigenvalue weighted by molar-refractivity contribution is 7.25. The molecule has 4 rings (SSSR count). The summed E-state index contributed by atoms with van der Waals surface area (Å²) >= 11 is 1.22. The van der Waals surface area contributed by atoms with E-state index in [0.29, 0.717) is 37.7 Å². The van der Waals surface area contributed by atoms with Crippen molar-refractivity contribution in [2.45, 2.75) is 6.92 Å². The SMILES string of the molecule is Cc1nc(-c2ccco2)nc2sc3c(=O)[nH]c(=O)[nH]c3c12. The van der Waals surface area contributed by atoms with Crippen molar-refractivity contribution in [3.8, 4) is 11.6 Å². The Morgan fingerprint density at radius 1 is 1.24 bits per heavy atom. The molecule has 0 saturated heterocycles. The molecule has 0 unspecified atom stereocenters. The number of furan rings is 1. The lowest BCUT2D eigenvalue weighted by Crippen LogP contribution is -2.20. The van der Waals surface area contributed by atoms with Crippen molar-refractivity contribution in [2.24, 2.45) is 0 Å². The summed E-state index contributed by atoms with van der Waals surface area (Å²) in [4.78, 5) is 37.6. The summed E-state index contributed by atoms with van der Waals surface area (Å²) in [7, 11) is 0. The predicted molar refractivity (Wildman–Crippen MR) is 78.6 cm³/mol. The molecule has 0 atom stereocenters. The number of aromatic amines is 2. The molecule has 4 aromatic heterocycles. The van der Waals surface area contributed by atoms with E-state index in [1.165, 1.54) is 11.3 Å². The lowest BCUT2D eigenvalue weighted by molar-refractivity contribution is 0.577. The van der Waals surface area contributed by atoms with Gasteiger partial charge in [-0.3, -0.25) is 9.78 Å². The molecular formula is C13H8N4O3S. The first-order valence-electron chi connectivity index (χ1n) is 6.11. The van der Waals surface area contributed by atoms with E-state index in [4.69, 9.17) is 4.42 Å². The topological polar surface area (TPSA) is 105 Å². The molecule has 0 spiro atoms. The van der Waals surface area contributed by atoms with Crippen LogP contribution in [0.5, 0.6) is 0 Å². The van der Waals surface area contributed by atoms with E-state index >= 15 is 0 Å². The van der Waals surface area contributed by atoms with Crippen molar-refractivity contribution in [2.75, 3.05) is 0 Å². The van der Waals surface area contributed by atoms with Crippen LogP contribution in [0.25, 0.3) is 32.0 Å². The monoisotopic (exact) mass is 300 g/mol. The zero-order valence-corrected chi connectivity index (χ0v) is 11.6. The van der Waals surface area contributed by atoms with Crippen molar-refractivity contribution in [1.29, 1.82) is 0 Å². The maximum Gasteiger partial charge on any atom is 0.326 e. The second kappa shape index (κ2) is 4.13. The highest BCUT2D eigenvalue weighted by atomic mass is 32.1. The van der Waals surface area contributed by atoms with E-state index in [1.807, 2.05) is 6.92 Å². The molecule has 104 valence electrons. The van der Waals surface area contributed by atoms with Crippen molar-refractivity contribution >= 4 is 31.8 Å². The van der Waals surface area contributed by atoms with Gasteiger partial charge in [0, 0.05) is 0 Å². The van der Waals surface area contributed by atoms with Gasteiger partial charge in [-0.2, -0.15) is 0 Å². The fraction of sp³-hybridized carbons (Fsp3) is 0.0769. The number of hydrogen-bond donors (Lipinski definition) is 2. The van der Waals surface area contributed by atoms with Gasteiger partial charge in [0.1, 0.15) is 9.53 Å². The summed E-state index contributed by atoms with van der Waals surface area (Å²) in [5.41, 5.74) is 0.198. The Bertz CT molecular complexity index is 1090. The molecule has 21 heavy (non-hydrogen) atoms. The van der Waals surface area contributed by atoms with Crippen LogP contribution in [0.1, 0.15) is 5.69 Å². The van der Waals surface area contributed by atoms with E-state index in [2.05, 4.69) is 19.9 Å². The summed E-state index contributed by atoms with van der Waals surface area (Å²) in [5, 5.41) is 0.688. The van der Waals surface area contributed by atoms with Crippen LogP contribution in [0.15, 0.2) is 32.4 Å². The van der Waals surface area contributed by atoms with Crippen molar-refractivity contribution in [1.82, 2.24) is 19.9 Å². The first-order chi connectivity index (χ1) is 10.1. The first-order valence-corrected chi connectivity index (χ1v) is 6.92. The molecular weight excluding hydrogens is 292 g/mol. The lowest BCUT2D eigenvalue weighted by Gasteiger charge is -1.99. The van der Waals surface area contributed by atoms with Crippen LogP contribution >= 0.6 is 11.3 Å². The Hall–Kier alpha value is -2.74. The number of hydrogen-bond acceptors (Lipinski definition) is 6. The summed E-state index contributed by atoms with van der Waals surface area (Å²) < 4.78 is 5.72. The number of fused-ring (bicyclic) bond motifs is 3. The van der Waals surface area contributed by atoms with E-state index in [-0.39, 0.29) is 0 Å². The van der Waals surface area contributed by atoms with Gasteiger partial charge in [0.2, 0.25) is 0 Å². The fourth-order valence-electron chi connectivity index (χ4n) is 2.27. The van der Waals surface area contributed by atoms with Gasteiger partial charge in [0.25, 0.3) is 5.56 Å². The highest BCUT2D eigenvalue weighted by Crippen LogP contribution is 2.31. The zero-order valence-electron chi connectivity index (χ0n) is 10.8. The molecule has 0 amide bonds. The smallest absolute Gasteiger partial charge is 0.326 e. The Balaban J connectivity index is 2.16. The quantitative estimate of drug-likeness (QED) is 0.557. The van der Waals surface area contributed by atoms with Crippen LogP contribution in [0.3, 0.4) is 0 Å². The molecule has 0 aliphatic carbocycles. The van der Waals surface area contributed by atoms with Gasteiger partial charge in [-0.05, 0) is 19.1 Å². The van der Waals surface area contributed by atoms with Crippen LogP contribution in [-0.2, 0) is 0 Å². The lowest BCUT2D eigenvalue weighted by atomic mass is 10.2. The third-order valence-corrected chi connectivity index (χ3v) is 4.23. The molecule has 4 aromatic rings. The van der Waals surface area contributed by atoms with Crippen LogP contribution in [-0.4, -0.2) is 19.9 Å². The molecule has 4 heterocycles. The van der Waals surface area contributed by atoms with Gasteiger partial charge in [-0.15, -0.1) is 11.3 Å². The van der Waals surface area contributed by atoms with Crippen molar-refractivity contribution < 1.29 is 4.42 Å². The Morgan fingerprint density at radius 3 is 2.86 bits per heavy atom. The second-order valence-corrected chi connectivity index (χ2v) is 5.50. The Morgan fingerprint density at radius 2 is 2.10 bits per heavy atom. The Labute approximate surface area is 120 Å². The molecule has 0 aromatic carbocycles. The van der Waals surface area contributed by atoms with Crippen molar-refractivity contribution in [3.05, 3.63) is 44.9 Å². The van der Waals surface area contributed by atoms with Crippen LogP contribution in [0.4, 0.5) is 0 Å². The summed E-state index contributed by atoms with van der Waals surface area (Å²) in [6, 6.07) is 3.52. The standard InChI is InChI=1S/C13H8N4O3S/c1-5-7-8-9(11(18)17-13(19)15-8)21-12(7)16-10(14-5)6-3-2-4-20-6/h2-4H,1H3,(H2,15,17,18,19). The van der Waals surface area contributed by atoms with E-state index in [1.54, 1.807) is 18.4 Å². The summed E-state index contributed by atoms with van der Waals surface area (Å²) in [6.07, 6.45) is 1.55. The van der Waals surface area contributed by atoms with Gasteiger partial charge < -0.3 is 9.40 Å². The average molecular weight is 300 g/mol. The number of aryl methyl sites for hydroxylation is 1. The maximum absolute atomic E-state index is 11.9. The predicted octanol–water partition coefficient (Wildman–Crippen LogP) is 1.79. The van der Waals surface area contributed by atoms with Crippen LogP contribution in [0, 0.1) is 6.92 Å². The summed E-state index contributed by atoms with van der Waals surface area (Å²) in [5.74, 6) is 1.01. The minimum Gasteiger partial charge on any atom is -0.461 e. The average Bonchev–Trinajstić information content (AvgIpc) is 3.05. The van der Waals surface area contributed by atoms with Gasteiger partial charge >= 0.3 is 5.69 Å². The number of thiophene rings is 1. The van der Waals surface area contributed by atoms with E-state index in [9.17, 15) is 9.59 Å². The van der Waals surface area contributed by atoms with E-state index in [0.717, 1.165) is 0 Å². The molecule has 0 aliphatic rings. The van der Waals surface area contributed by atoms with Gasteiger partial charge in [-0.1, -0.05) is 0 Å². The largest absolute Gasteiger partial charge is 0.461 e. The molecule has 0 fully saturated rings. The maximum atomic E-state index is 11.9. The number of aromatic nitrogens is 4. The number of nitrogens with zero attached hydrogens (tertiary/aromatic N) is 2. The molecule has 7 nitrogen and oxygen atoms in total. The highest BCUT2D eigenvalue weighted by Gasteiger charge is 2.16.